The molecule has 0 saturated heterocycles. The van der Waals surface area contributed by atoms with E-state index in [0.29, 0.717) is 26.4 Å². The van der Waals surface area contributed by atoms with Crippen molar-refractivity contribution in [1.29, 1.82) is 0 Å². The molecule has 1 aliphatic rings. The number of nitrogens with zero attached hydrogens (tertiary/aromatic N) is 3. The number of aryl methyl sites for hydroxylation is 2. The van der Waals surface area contributed by atoms with Gasteiger partial charge in [0, 0.05) is 15.7 Å². The molecule has 128 valence electrons. The van der Waals surface area contributed by atoms with E-state index in [1.54, 1.807) is 0 Å². The number of benzene rings is 1. The first kappa shape index (κ1) is 16.8. The quantitative estimate of drug-likeness (QED) is 0.574. The second kappa shape index (κ2) is 7.25. The van der Waals surface area contributed by atoms with E-state index in [0.717, 1.165) is 38.6 Å². The first-order chi connectivity index (χ1) is 11.5. The summed E-state index contributed by atoms with van der Waals surface area (Å²) in [6.45, 7) is 8.04. The highest BCUT2D eigenvalue weighted by atomic mass is 79.9. The summed E-state index contributed by atoms with van der Waals surface area (Å²) in [5, 5.41) is 8.60. The summed E-state index contributed by atoms with van der Waals surface area (Å²) in [7, 11) is 0. The number of oxime groups is 1. The summed E-state index contributed by atoms with van der Waals surface area (Å²) in [6.07, 6.45) is 0. The van der Waals surface area contributed by atoms with Crippen LogP contribution in [0.15, 0.2) is 27.8 Å². The highest BCUT2D eigenvalue weighted by Crippen LogP contribution is 2.35. The Balaban J connectivity index is 1.62. The van der Waals surface area contributed by atoms with Gasteiger partial charge in [-0.25, -0.2) is 0 Å². The Hall–Kier alpha value is -2.02. The van der Waals surface area contributed by atoms with Crippen LogP contribution in [0.25, 0.3) is 0 Å². The van der Waals surface area contributed by atoms with Crippen LogP contribution in [0.5, 0.6) is 11.5 Å². The van der Waals surface area contributed by atoms with Crippen LogP contribution in [0, 0.1) is 13.8 Å². The zero-order chi connectivity index (χ0) is 17.1. The smallest absolute Gasteiger partial charge is 0.162 e. The molecule has 6 nitrogen and oxygen atoms in total. The topological polar surface area (TPSA) is 57.9 Å². The monoisotopic (exact) mass is 393 g/mol. The van der Waals surface area contributed by atoms with Gasteiger partial charge < -0.3 is 14.3 Å². The molecule has 0 spiro atoms. The van der Waals surface area contributed by atoms with Crippen LogP contribution in [-0.4, -0.2) is 28.7 Å². The van der Waals surface area contributed by atoms with Gasteiger partial charge in [-0.15, -0.1) is 0 Å². The minimum atomic E-state index is 0.353. The third-order valence-corrected chi connectivity index (χ3v) is 4.37. The van der Waals surface area contributed by atoms with Crippen molar-refractivity contribution in [3.05, 3.63) is 39.6 Å². The minimum absolute atomic E-state index is 0.353. The maximum atomic E-state index is 5.59. The van der Waals surface area contributed by atoms with Gasteiger partial charge in [0.2, 0.25) is 0 Å². The van der Waals surface area contributed by atoms with E-state index in [9.17, 15) is 0 Å². The molecule has 7 heteroatoms. The van der Waals surface area contributed by atoms with Gasteiger partial charge in [0.25, 0.3) is 0 Å². The van der Waals surface area contributed by atoms with Crippen LogP contribution in [0.1, 0.15) is 23.9 Å². The first-order valence-corrected chi connectivity index (χ1v) is 8.57. The molecular weight excluding hydrogens is 374 g/mol. The van der Waals surface area contributed by atoms with Gasteiger partial charge in [0.15, 0.2) is 11.5 Å². The standard InChI is InChI=1S/C17H20BrN3O3/c1-11-6-13(3)21(19-11)9-12(2)20-24-10-14-7-16-17(8-15(14)18)23-5-4-22-16/h6-8H,4-5,9-10H2,1-3H3/b20-12+. The van der Waals surface area contributed by atoms with Crippen molar-refractivity contribution in [3.8, 4) is 11.5 Å². The summed E-state index contributed by atoms with van der Waals surface area (Å²) in [5.41, 5.74) is 3.93. The molecule has 2 aromatic rings. The Morgan fingerprint density at radius 2 is 1.96 bits per heavy atom. The number of halogens is 1. The van der Waals surface area contributed by atoms with Crippen LogP contribution in [0.4, 0.5) is 0 Å². The van der Waals surface area contributed by atoms with Crippen molar-refractivity contribution in [1.82, 2.24) is 9.78 Å². The summed E-state index contributed by atoms with van der Waals surface area (Å²) in [5.74, 6) is 1.49. The molecule has 2 heterocycles. The van der Waals surface area contributed by atoms with Crippen molar-refractivity contribution in [3.63, 3.8) is 0 Å². The normalized spacial score (nSPS) is 13.9. The van der Waals surface area contributed by atoms with Gasteiger partial charge in [-0.2, -0.15) is 5.10 Å². The van der Waals surface area contributed by atoms with Crippen LogP contribution in [0.3, 0.4) is 0 Å². The van der Waals surface area contributed by atoms with E-state index in [2.05, 4.69) is 26.2 Å². The van der Waals surface area contributed by atoms with Crippen LogP contribution < -0.4 is 9.47 Å². The van der Waals surface area contributed by atoms with Crippen molar-refractivity contribution in [2.24, 2.45) is 5.16 Å². The molecule has 0 saturated carbocycles. The minimum Gasteiger partial charge on any atom is -0.486 e. The third-order valence-electron chi connectivity index (χ3n) is 3.63. The summed E-state index contributed by atoms with van der Waals surface area (Å²) >= 11 is 3.53. The lowest BCUT2D eigenvalue weighted by Gasteiger charge is -2.19. The summed E-state index contributed by atoms with van der Waals surface area (Å²) in [4.78, 5) is 5.49. The van der Waals surface area contributed by atoms with Crippen LogP contribution in [0.2, 0.25) is 0 Å². The molecule has 3 rings (SSSR count). The first-order valence-electron chi connectivity index (χ1n) is 7.77. The van der Waals surface area contributed by atoms with Crippen molar-refractivity contribution < 1.29 is 14.3 Å². The molecular formula is C17H20BrN3O3. The van der Waals surface area contributed by atoms with Gasteiger partial charge in [0.1, 0.15) is 19.8 Å². The molecule has 0 radical (unpaired) electrons. The number of rotatable bonds is 5. The van der Waals surface area contributed by atoms with E-state index in [1.807, 2.05) is 43.7 Å². The Labute approximate surface area is 149 Å². The lowest BCUT2D eigenvalue weighted by molar-refractivity contribution is 0.127. The fourth-order valence-electron chi connectivity index (χ4n) is 2.51. The Morgan fingerprint density at radius 3 is 2.62 bits per heavy atom. The van der Waals surface area contributed by atoms with Crippen LogP contribution >= 0.6 is 15.9 Å². The molecule has 24 heavy (non-hydrogen) atoms. The predicted molar refractivity (Wildman–Crippen MR) is 94.7 cm³/mol. The number of ether oxygens (including phenoxy) is 2. The van der Waals surface area contributed by atoms with E-state index in [1.165, 1.54) is 0 Å². The second-order valence-corrected chi connectivity index (χ2v) is 6.63. The lowest BCUT2D eigenvalue weighted by atomic mass is 10.2. The molecule has 0 amide bonds. The fourth-order valence-corrected chi connectivity index (χ4v) is 2.95. The van der Waals surface area contributed by atoms with E-state index in [4.69, 9.17) is 14.3 Å². The molecule has 0 unspecified atom stereocenters. The van der Waals surface area contributed by atoms with Gasteiger partial charge >= 0.3 is 0 Å². The molecule has 0 aliphatic carbocycles. The average Bonchev–Trinajstić information content (AvgIpc) is 2.85. The maximum absolute atomic E-state index is 5.59. The average molecular weight is 394 g/mol. The number of aromatic nitrogens is 2. The van der Waals surface area contributed by atoms with Crippen molar-refractivity contribution >= 4 is 21.6 Å². The van der Waals surface area contributed by atoms with E-state index >= 15 is 0 Å². The van der Waals surface area contributed by atoms with E-state index < -0.39 is 0 Å². The SMILES string of the molecule is C/C(Cn1nc(C)cc1C)=N\OCc1cc2c(cc1Br)OCCO2. The zero-order valence-electron chi connectivity index (χ0n) is 14.0. The highest BCUT2D eigenvalue weighted by molar-refractivity contribution is 9.10. The second-order valence-electron chi connectivity index (χ2n) is 5.77. The molecule has 1 aromatic heterocycles. The van der Waals surface area contributed by atoms with Gasteiger partial charge in [0.05, 0.1) is 18.0 Å². The van der Waals surface area contributed by atoms with E-state index in [-0.39, 0.29) is 0 Å². The van der Waals surface area contributed by atoms with Gasteiger partial charge in [-0.1, -0.05) is 21.1 Å². The van der Waals surface area contributed by atoms with Crippen molar-refractivity contribution in [2.75, 3.05) is 13.2 Å². The number of hydrogen-bond donors (Lipinski definition) is 0. The van der Waals surface area contributed by atoms with Gasteiger partial charge in [-0.3, -0.25) is 4.68 Å². The number of hydrogen-bond acceptors (Lipinski definition) is 5. The Kier molecular flexibility index (Phi) is 5.08. The summed E-state index contributed by atoms with van der Waals surface area (Å²) < 4.78 is 14.0. The fraction of sp³-hybridized carbons (Fsp3) is 0.412. The largest absolute Gasteiger partial charge is 0.486 e. The molecule has 1 aromatic carbocycles. The molecule has 0 bridgehead atoms. The van der Waals surface area contributed by atoms with Crippen LogP contribution in [-0.2, 0) is 18.0 Å². The molecule has 0 fully saturated rings. The Morgan fingerprint density at radius 1 is 1.25 bits per heavy atom. The lowest BCUT2D eigenvalue weighted by Crippen LogP contribution is -2.15. The molecule has 1 aliphatic heterocycles. The zero-order valence-corrected chi connectivity index (χ0v) is 15.6. The molecule has 0 N–H and O–H groups in total. The Bertz CT molecular complexity index is 771. The van der Waals surface area contributed by atoms with Gasteiger partial charge in [-0.05, 0) is 39.0 Å². The van der Waals surface area contributed by atoms with Crippen molar-refractivity contribution in [2.45, 2.75) is 33.9 Å². The molecule has 0 atom stereocenters. The predicted octanol–water partition coefficient (Wildman–Crippen LogP) is 3.63. The maximum Gasteiger partial charge on any atom is 0.162 e. The number of fused-ring (bicyclic) bond motifs is 1. The third kappa shape index (κ3) is 3.90. The summed E-state index contributed by atoms with van der Waals surface area (Å²) in [6, 6.07) is 5.87. The highest BCUT2D eigenvalue weighted by Gasteiger charge is 2.15.